The first-order valence-corrected chi connectivity index (χ1v) is 8.98. The smallest absolute Gasteiger partial charge is 0.211 e. The predicted octanol–water partition coefficient (Wildman–Crippen LogP) is 3.84. The fourth-order valence-corrected chi connectivity index (χ4v) is 4.36. The van der Waals surface area contributed by atoms with Gasteiger partial charge in [0, 0.05) is 11.0 Å². The lowest BCUT2D eigenvalue weighted by atomic mass is 10.0. The van der Waals surface area contributed by atoms with Gasteiger partial charge in [-0.2, -0.15) is 0 Å². The summed E-state index contributed by atoms with van der Waals surface area (Å²) in [7, 11) is -3.51. The number of hydrogen-bond donors (Lipinski definition) is 1. The van der Waals surface area contributed by atoms with Crippen LogP contribution in [0.25, 0.3) is 0 Å². The standard InChI is InChI=1S/C16H18BrNO2S/c1-12-8-9-16(15(17)10-12)21(19,20)18-11-13(2)14-6-4-3-5-7-14/h3-10,13,18H,11H2,1-2H3. The number of sulfonamides is 1. The van der Waals surface area contributed by atoms with Crippen LogP contribution in [0.2, 0.25) is 0 Å². The maximum absolute atomic E-state index is 12.4. The Kier molecular flexibility index (Phi) is 5.19. The lowest BCUT2D eigenvalue weighted by Gasteiger charge is -2.14. The molecule has 2 aromatic carbocycles. The molecule has 0 spiro atoms. The van der Waals surface area contributed by atoms with Crippen LogP contribution >= 0.6 is 15.9 Å². The van der Waals surface area contributed by atoms with Crippen molar-refractivity contribution in [2.45, 2.75) is 24.7 Å². The molecule has 21 heavy (non-hydrogen) atoms. The first kappa shape index (κ1) is 16.2. The molecule has 0 saturated heterocycles. The Morgan fingerprint density at radius 3 is 2.43 bits per heavy atom. The van der Waals surface area contributed by atoms with Gasteiger partial charge in [0.15, 0.2) is 0 Å². The van der Waals surface area contributed by atoms with Gasteiger partial charge >= 0.3 is 0 Å². The van der Waals surface area contributed by atoms with Gasteiger partial charge in [-0.25, -0.2) is 13.1 Å². The van der Waals surface area contributed by atoms with Crippen molar-refractivity contribution in [1.29, 1.82) is 0 Å². The number of aryl methyl sites for hydroxylation is 1. The Morgan fingerprint density at radius 1 is 1.14 bits per heavy atom. The summed E-state index contributed by atoms with van der Waals surface area (Å²) in [5, 5.41) is 0. The molecule has 0 amide bonds. The Morgan fingerprint density at radius 2 is 1.81 bits per heavy atom. The van der Waals surface area contributed by atoms with E-state index in [-0.39, 0.29) is 10.8 Å². The molecule has 0 radical (unpaired) electrons. The maximum atomic E-state index is 12.4. The Labute approximate surface area is 134 Å². The highest BCUT2D eigenvalue weighted by Gasteiger charge is 2.18. The molecular formula is C16H18BrNO2S. The van der Waals surface area contributed by atoms with Crippen molar-refractivity contribution in [2.75, 3.05) is 6.54 Å². The molecule has 0 aliphatic carbocycles. The van der Waals surface area contributed by atoms with Gasteiger partial charge in [-0.3, -0.25) is 0 Å². The molecular weight excluding hydrogens is 350 g/mol. The van der Waals surface area contributed by atoms with Crippen LogP contribution in [-0.4, -0.2) is 15.0 Å². The number of hydrogen-bond acceptors (Lipinski definition) is 2. The molecule has 1 N–H and O–H groups in total. The summed E-state index contributed by atoms with van der Waals surface area (Å²) in [5.41, 5.74) is 2.13. The van der Waals surface area contributed by atoms with Gasteiger partial charge < -0.3 is 0 Å². The summed E-state index contributed by atoms with van der Waals surface area (Å²) in [6, 6.07) is 15.1. The van der Waals surface area contributed by atoms with E-state index >= 15 is 0 Å². The molecule has 0 aromatic heterocycles. The third-order valence-electron chi connectivity index (χ3n) is 3.33. The number of halogens is 1. The molecule has 2 rings (SSSR count). The first-order valence-electron chi connectivity index (χ1n) is 6.71. The highest BCUT2D eigenvalue weighted by Crippen LogP contribution is 2.23. The average Bonchev–Trinajstić information content (AvgIpc) is 2.45. The largest absolute Gasteiger partial charge is 0.241 e. The van der Waals surface area contributed by atoms with Crippen LogP contribution in [0.1, 0.15) is 24.0 Å². The lowest BCUT2D eigenvalue weighted by Crippen LogP contribution is -2.28. The van der Waals surface area contributed by atoms with Crippen LogP contribution in [-0.2, 0) is 10.0 Å². The highest BCUT2D eigenvalue weighted by molar-refractivity contribution is 9.10. The second-order valence-electron chi connectivity index (χ2n) is 5.10. The third kappa shape index (κ3) is 4.15. The number of benzene rings is 2. The van der Waals surface area contributed by atoms with Crippen molar-refractivity contribution in [3.63, 3.8) is 0 Å². The van der Waals surface area contributed by atoms with Crippen molar-refractivity contribution in [2.24, 2.45) is 0 Å². The Bertz CT molecular complexity index is 714. The van der Waals surface area contributed by atoms with Gasteiger partial charge in [-0.05, 0) is 52.0 Å². The van der Waals surface area contributed by atoms with Crippen LogP contribution in [0.15, 0.2) is 57.9 Å². The summed E-state index contributed by atoms with van der Waals surface area (Å²) in [6.07, 6.45) is 0. The van der Waals surface area contributed by atoms with E-state index in [9.17, 15) is 8.42 Å². The third-order valence-corrected chi connectivity index (χ3v) is 5.73. The van der Waals surface area contributed by atoms with E-state index in [0.29, 0.717) is 11.0 Å². The van der Waals surface area contributed by atoms with Gasteiger partial charge in [0.05, 0.1) is 4.90 Å². The average molecular weight is 368 g/mol. The molecule has 0 fully saturated rings. The van der Waals surface area contributed by atoms with E-state index in [1.807, 2.05) is 44.2 Å². The second kappa shape index (κ2) is 6.73. The van der Waals surface area contributed by atoms with Gasteiger partial charge in [0.2, 0.25) is 10.0 Å². The summed E-state index contributed by atoms with van der Waals surface area (Å²) in [6.45, 7) is 4.29. The summed E-state index contributed by atoms with van der Waals surface area (Å²) in [5.74, 6) is 0.116. The van der Waals surface area contributed by atoms with E-state index < -0.39 is 10.0 Å². The second-order valence-corrected chi connectivity index (χ2v) is 7.69. The fourth-order valence-electron chi connectivity index (χ4n) is 2.04. The summed E-state index contributed by atoms with van der Waals surface area (Å²) < 4.78 is 28.0. The maximum Gasteiger partial charge on any atom is 0.241 e. The van der Waals surface area contributed by atoms with Crippen molar-refractivity contribution in [3.8, 4) is 0 Å². The zero-order chi connectivity index (χ0) is 15.5. The normalized spacial score (nSPS) is 13.1. The van der Waals surface area contributed by atoms with E-state index in [1.165, 1.54) is 0 Å². The SMILES string of the molecule is Cc1ccc(S(=O)(=O)NCC(C)c2ccccc2)c(Br)c1. The molecule has 0 bridgehead atoms. The quantitative estimate of drug-likeness (QED) is 0.872. The monoisotopic (exact) mass is 367 g/mol. The molecule has 112 valence electrons. The van der Waals surface area contributed by atoms with Crippen molar-refractivity contribution in [1.82, 2.24) is 4.72 Å². The van der Waals surface area contributed by atoms with E-state index in [1.54, 1.807) is 18.2 Å². The Hall–Kier alpha value is -1.17. The fraction of sp³-hybridized carbons (Fsp3) is 0.250. The van der Waals surface area contributed by atoms with Gasteiger partial charge in [0.1, 0.15) is 0 Å². The summed E-state index contributed by atoms with van der Waals surface area (Å²) >= 11 is 3.32. The van der Waals surface area contributed by atoms with E-state index in [0.717, 1.165) is 11.1 Å². The molecule has 0 aliphatic heterocycles. The number of rotatable bonds is 5. The van der Waals surface area contributed by atoms with Crippen molar-refractivity contribution >= 4 is 26.0 Å². The van der Waals surface area contributed by atoms with Crippen LogP contribution in [0.4, 0.5) is 0 Å². The molecule has 5 heteroatoms. The van der Waals surface area contributed by atoms with Crippen LogP contribution < -0.4 is 4.72 Å². The molecule has 0 heterocycles. The minimum Gasteiger partial charge on any atom is -0.211 e. The van der Waals surface area contributed by atoms with E-state index in [4.69, 9.17) is 0 Å². The van der Waals surface area contributed by atoms with Gasteiger partial charge in [0.25, 0.3) is 0 Å². The zero-order valence-corrected chi connectivity index (χ0v) is 14.4. The molecule has 2 aromatic rings. The van der Waals surface area contributed by atoms with Crippen LogP contribution in [0, 0.1) is 6.92 Å². The minimum atomic E-state index is -3.51. The topological polar surface area (TPSA) is 46.2 Å². The predicted molar refractivity (Wildman–Crippen MR) is 88.9 cm³/mol. The van der Waals surface area contributed by atoms with Gasteiger partial charge in [-0.15, -0.1) is 0 Å². The van der Waals surface area contributed by atoms with Crippen LogP contribution in [0.5, 0.6) is 0 Å². The highest BCUT2D eigenvalue weighted by atomic mass is 79.9. The lowest BCUT2D eigenvalue weighted by molar-refractivity contribution is 0.574. The summed E-state index contributed by atoms with van der Waals surface area (Å²) in [4.78, 5) is 0.272. The first-order chi connectivity index (χ1) is 9.90. The van der Waals surface area contributed by atoms with E-state index in [2.05, 4.69) is 20.7 Å². The van der Waals surface area contributed by atoms with Crippen molar-refractivity contribution < 1.29 is 8.42 Å². The molecule has 0 saturated carbocycles. The molecule has 1 atom stereocenters. The van der Waals surface area contributed by atoms with Crippen molar-refractivity contribution in [3.05, 3.63) is 64.1 Å². The molecule has 0 aliphatic rings. The van der Waals surface area contributed by atoms with Crippen LogP contribution in [0.3, 0.4) is 0 Å². The minimum absolute atomic E-state index is 0.116. The molecule has 3 nitrogen and oxygen atoms in total. The Balaban J connectivity index is 2.11. The zero-order valence-electron chi connectivity index (χ0n) is 12.0. The molecule has 1 unspecified atom stereocenters. The van der Waals surface area contributed by atoms with Gasteiger partial charge in [-0.1, -0.05) is 43.3 Å². The number of nitrogens with one attached hydrogen (secondary N) is 1.